The molecule has 0 heterocycles. The Bertz CT molecular complexity index is 274. The summed E-state index contributed by atoms with van der Waals surface area (Å²) >= 11 is 0. The fraction of sp³-hybridized carbons (Fsp3) is 0.400. The second-order valence-electron chi connectivity index (χ2n) is 2.89. The maximum atomic E-state index is 9.46. The van der Waals surface area contributed by atoms with Crippen LogP contribution in [0.25, 0.3) is 0 Å². The van der Waals surface area contributed by atoms with Crippen molar-refractivity contribution >= 4 is 0 Å². The van der Waals surface area contributed by atoms with Crippen molar-refractivity contribution in [3.8, 4) is 11.5 Å². The van der Waals surface area contributed by atoms with Gasteiger partial charge in [-0.2, -0.15) is 0 Å². The van der Waals surface area contributed by atoms with Gasteiger partial charge in [-0.3, -0.25) is 0 Å². The molecule has 0 aliphatic rings. The number of benzene rings is 1. The molecular weight excluding hydrogens is 166 g/mol. The Balaban J connectivity index is 2.78. The molecule has 1 aromatic rings. The van der Waals surface area contributed by atoms with Crippen LogP contribution in [0.1, 0.15) is 12.0 Å². The Labute approximate surface area is 78.1 Å². The highest BCUT2D eigenvalue weighted by Gasteiger charge is 2.01. The van der Waals surface area contributed by atoms with E-state index in [2.05, 4.69) is 0 Å². The lowest BCUT2D eigenvalue weighted by Gasteiger charge is -2.06. The van der Waals surface area contributed by atoms with Crippen molar-refractivity contribution in [3.05, 3.63) is 23.8 Å². The van der Waals surface area contributed by atoms with Gasteiger partial charge in [-0.1, -0.05) is 0 Å². The van der Waals surface area contributed by atoms with E-state index in [1.165, 1.54) is 0 Å². The number of phenols is 1. The van der Waals surface area contributed by atoms with Gasteiger partial charge in [-0.15, -0.1) is 0 Å². The number of aryl methyl sites for hydroxylation is 1. The minimum Gasteiger partial charge on any atom is -0.508 e. The minimum atomic E-state index is 0.314. The molecule has 0 saturated carbocycles. The van der Waals surface area contributed by atoms with E-state index < -0.39 is 0 Å². The summed E-state index contributed by atoms with van der Waals surface area (Å²) in [5, 5.41) is 9.46. The van der Waals surface area contributed by atoms with Gasteiger partial charge in [0, 0.05) is 0 Å². The molecule has 0 bridgehead atoms. The van der Waals surface area contributed by atoms with Gasteiger partial charge in [-0.05, 0) is 43.1 Å². The number of aromatic hydroxyl groups is 1. The van der Waals surface area contributed by atoms with E-state index in [1.54, 1.807) is 19.2 Å². The zero-order chi connectivity index (χ0) is 9.68. The summed E-state index contributed by atoms with van der Waals surface area (Å²) in [5.74, 6) is 1.08. The molecule has 0 fully saturated rings. The summed E-state index contributed by atoms with van der Waals surface area (Å²) in [6.07, 6.45) is 1.67. The number of hydrogen-bond acceptors (Lipinski definition) is 3. The van der Waals surface area contributed by atoms with Crippen LogP contribution < -0.4 is 10.5 Å². The van der Waals surface area contributed by atoms with Crippen molar-refractivity contribution in [1.82, 2.24) is 0 Å². The van der Waals surface area contributed by atoms with Crippen molar-refractivity contribution in [2.45, 2.75) is 12.8 Å². The molecule has 1 rings (SSSR count). The first-order chi connectivity index (χ1) is 6.27. The van der Waals surface area contributed by atoms with E-state index in [0.717, 1.165) is 24.2 Å². The second kappa shape index (κ2) is 4.72. The molecule has 0 aliphatic heterocycles. The van der Waals surface area contributed by atoms with E-state index in [4.69, 9.17) is 10.5 Å². The van der Waals surface area contributed by atoms with Crippen LogP contribution in [0, 0.1) is 0 Å². The van der Waals surface area contributed by atoms with Crippen LogP contribution in [-0.2, 0) is 6.42 Å². The molecule has 3 heteroatoms. The van der Waals surface area contributed by atoms with Gasteiger partial charge < -0.3 is 15.6 Å². The largest absolute Gasteiger partial charge is 0.508 e. The average molecular weight is 181 g/mol. The summed E-state index contributed by atoms with van der Waals surface area (Å²) in [5.41, 5.74) is 6.28. The fourth-order valence-corrected chi connectivity index (χ4v) is 1.18. The summed E-state index contributed by atoms with van der Waals surface area (Å²) in [6, 6.07) is 5.22. The Hall–Kier alpha value is -1.22. The summed E-state index contributed by atoms with van der Waals surface area (Å²) in [4.78, 5) is 0. The molecule has 0 unspecified atom stereocenters. The van der Waals surface area contributed by atoms with Crippen LogP contribution in [0.5, 0.6) is 11.5 Å². The lowest BCUT2D eigenvalue weighted by molar-refractivity contribution is 0.410. The first-order valence-electron chi connectivity index (χ1n) is 4.34. The third kappa shape index (κ3) is 2.63. The van der Waals surface area contributed by atoms with Crippen molar-refractivity contribution in [3.63, 3.8) is 0 Å². The molecule has 0 atom stereocenters. The molecule has 13 heavy (non-hydrogen) atoms. The fourth-order valence-electron chi connectivity index (χ4n) is 1.18. The molecule has 0 amide bonds. The number of phenolic OH excluding ortho intramolecular Hbond substituents is 1. The highest BCUT2D eigenvalue weighted by molar-refractivity contribution is 5.39. The van der Waals surface area contributed by atoms with Crippen LogP contribution in [0.15, 0.2) is 18.2 Å². The molecule has 72 valence electrons. The van der Waals surface area contributed by atoms with Crippen LogP contribution in [-0.4, -0.2) is 18.8 Å². The minimum absolute atomic E-state index is 0.314. The zero-order valence-electron chi connectivity index (χ0n) is 7.79. The van der Waals surface area contributed by atoms with E-state index in [9.17, 15) is 5.11 Å². The van der Waals surface area contributed by atoms with Crippen molar-refractivity contribution in [2.75, 3.05) is 13.7 Å². The molecule has 0 spiro atoms. The number of ether oxygens (including phenoxy) is 1. The maximum Gasteiger partial charge on any atom is 0.119 e. The number of nitrogens with two attached hydrogens (primary N) is 1. The summed E-state index contributed by atoms with van der Waals surface area (Å²) < 4.78 is 5.05. The quantitative estimate of drug-likeness (QED) is 0.736. The molecule has 1 aromatic carbocycles. The van der Waals surface area contributed by atoms with Gasteiger partial charge in [0.05, 0.1) is 7.11 Å². The number of rotatable bonds is 4. The van der Waals surface area contributed by atoms with E-state index >= 15 is 0 Å². The van der Waals surface area contributed by atoms with Gasteiger partial charge in [-0.25, -0.2) is 0 Å². The summed E-state index contributed by atoms with van der Waals surface area (Å²) in [6.45, 7) is 0.636. The second-order valence-corrected chi connectivity index (χ2v) is 2.89. The van der Waals surface area contributed by atoms with Gasteiger partial charge in [0.1, 0.15) is 11.5 Å². The van der Waals surface area contributed by atoms with Crippen molar-refractivity contribution in [1.29, 1.82) is 0 Å². The zero-order valence-corrected chi connectivity index (χ0v) is 7.79. The van der Waals surface area contributed by atoms with E-state index in [-0.39, 0.29) is 0 Å². The standard InChI is InChI=1S/C10H15NO2/c1-13-9-4-5-10(12)8(7-9)3-2-6-11/h4-5,7,12H,2-3,6,11H2,1H3. The first-order valence-corrected chi connectivity index (χ1v) is 4.34. The molecule has 3 N–H and O–H groups in total. The van der Waals surface area contributed by atoms with Gasteiger partial charge in [0.2, 0.25) is 0 Å². The highest BCUT2D eigenvalue weighted by Crippen LogP contribution is 2.23. The van der Waals surface area contributed by atoms with Crippen molar-refractivity contribution in [2.24, 2.45) is 5.73 Å². The van der Waals surface area contributed by atoms with Crippen LogP contribution >= 0.6 is 0 Å². The van der Waals surface area contributed by atoms with Crippen LogP contribution in [0.2, 0.25) is 0 Å². The predicted octanol–water partition coefficient (Wildman–Crippen LogP) is 1.29. The molecule has 0 aromatic heterocycles. The number of hydrogen-bond donors (Lipinski definition) is 2. The van der Waals surface area contributed by atoms with Gasteiger partial charge in [0.15, 0.2) is 0 Å². The van der Waals surface area contributed by atoms with Crippen LogP contribution in [0.4, 0.5) is 0 Å². The lowest BCUT2D eigenvalue weighted by Crippen LogP contribution is -2.00. The van der Waals surface area contributed by atoms with Crippen LogP contribution in [0.3, 0.4) is 0 Å². The number of methoxy groups -OCH3 is 1. The third-order valence-corrected chi connectivity index (χ3v) is 1.94. The Morgan fingerprint density at radius 1 is 1.46 bits per heavy atom. The molecule has 0 saturated heterocycles. The SMILES string of the molecule is COc1ccc(O)c(CCCN)c1. The smallest absolute Gasteiger partial charge is 0.119 e. The Morgan fingerprint density at radius 2 is 2.23 bits per heavy atom. The molecular formula is C10H15NO2. The van der Waals surface area contributed by atoms with E-state index in [0.29, 0.717) is 12.3 Å². The topological polar surface area (TPSA) is 55.5 Å². The Kier molecular flexibility index (Phi) is 3.58. The maximum absolute atomic E-state index is 9.46. The molecule has 0 radical (unpaired) electrons. The van der Waals surface area contributed by atoms with Crippen molar-refractivity contribution < 1.29 is 9.84 Å². The van der Waals surface area contributed by atoms with Gasteiger partial charge >= 0.3 is 0 Å². The Morgan fingerprint density at radius 3 is 2.85 bits per heavy atom. The molecule has 3 nitrogen and oxygen atoms in total. The summed E-state index contributed by atoms with van der Waals surface area (Å²) in [7, 11) is 1.61. The first kappa shape index (κ1) is 9.86. The monoisotopic (exact) mass is 181 g/mol. The lowest BCUT2D eigenvalue weighted by atomic mass is 10.1. The normalized spacial score (nSPS) is 10.0. The highest BCUT2D eigenvalue weighted by atomic mass is 16.5. The van der Waals surface area contributed by atoms with E-state index in [1.807, 2.05) is 6.07 Å². The average Bonchev–Trinajstić information content (AvgIpc) is 2.17. The van der Waals surface area contributed by atoms with Gasteiger partial charge in [0.25, 0.3) is 0 Å². The third-order valence-electron chi connectivity index (χ3n) is 1.94. The molecule has 0 aliphatic carbocycles. The predicted molar refractivity (Wildman–Crippen MR) is 52.0 cm³/mol.